The van der Waals surface area contributed by atoms with Gasteiger partial charge in [0.05, 0.1) is 0 Å². The minimum absolute atomic E-state index is 1.10. The second-order valence-electron chi connectivity index (χ2n) is 5.28. The lowest BCUT2D eigenvalue weighted by atomic mass is 10.4. The molecule has 1 nitrogen and oxygen atoms in total. The summed E-state index contributed by atoms with van der Waals surface area (Å²) < 4.78 is 6.45. The van der Waals surface area contributed by atoms with Crippen molar-refractivity contribution in [2.24, 2.45) is 0 Å². The molecule has 0 heterocycles. The minimum atomic E-state index is -1.54. The third kappa shape index (κ3) is 3.66. The average molecular weight is 271 g/mol. The monoisotopic (exact) mass is 271 g/mol. The maximum Gasteiger partial charge on any atom is 0.143 e. The summed E-state index contributed by atoms with van der Waals surface area (Å²) in [6, 6.07) is 21.2. The minimum Gasteiger partial charge on any atom is -0.602 e. The van der Waals surface area contributed by atoms with E-state index in [0.29, 0.717) is 0 Å². The summed E-state index contributed by atoms with van der Waals surface area (Å²) in [5, 5.41) is 2.66. The first-order valence-electron chi connectivity index (χ1n) is 6.23. The van der Waals surface area contributed by atoms with Crippen LogP contribution in [0.25, 0.3) is 0 Å². The van der Waals surface area contributed by atoms with Crippen molar-refractivity contribution in [2.45, 2.75) is 19.6 Å². The Kier molecular flexibility index (Phi) is 4.16. The second-order valence-corrected chi connectivity index (χ2v) is 12.1. The van der Waals surface area contributed by atoms with Gasteiger partial charge in [0.2, 0.25) is 0 Å². The molecule has 0 fully saturated rings. The van der Waals surface area contributed by atoms with Crippen LogP contribution in [0.15, 0.2) is 60.7 Å². The molecular weight excluding hydrogens is 252 g/mol. The first-order chi connectivity index (χ1) is 8.56. The predicted octanol–water partition coefficient (Wildman–Crippen LogP) is 2.64. The highest BCUT2D eigenvalue weighted by Gasteiger charge is 2.13. The van der Waals surface area contributed by atoms with Gasteiger partial charge in [-0.3, -0.25) is 0 Å². The van der Waals surface area contributed by atoms with Gasteiger partial charge in [-0.05, 0) is 19.6 Å². The second kappa shape index (κ2) is 5.65. The summed E-state index contributed by atoms with van der Waals surface area (Å²) in [6.45, 7) is 6.76. The van der Waals surface area contributed by atoms with Gasteiger partial charge < -0.3 is 4.12 Å². The lowest BCUT2D eigenvalue weighted by molar-refractivity contribution is 0.594. The smallest absolute Gasteiger partial charge is 0.143 e. The molecule has 3 heteroatoms. The fourth-order valence-corrected chi connectivity index (χ4v) is 6.49. The fourth-order valence-electron chi connectivity index (χ4n) is 1.77. The number of hydrogen-bond acceptors (Lipinski definition) is 1. The normalized spacial score (nSPS) is 11.3. The van der Waals surface area contributed by atoms with Gasteiger partial charge in [-0.15, -0.1) is 9.04 Å². The standard InChI is InChI=1S/C15H19OSi2/c1-18(2,3)16-17(14-10-6-4-7-11-14)15-12-8-5-9-13-15/h4-13H,1-3H3/q-1. The van der Waals surface area contributed by atoms with Gasteiger partial charge in [-0.25, -0.2) is 0 Å². The summed E-state index contributed by atoms with van der Waals surface area (Å²) in [5.74, 6) is 0. The molecule has 0 atom stereocenters. The average Bonchev–Trinajstić information content (AvgIpc) is 2.37. The van der Waals surface area contributed by atoms with Gasteiger partial charge in [0.25, 0.3) is 0 Å². The van der Waals surface area contributed by atoms with Crippen LogP contribution in [0.1, 0.15) is 0 Å². The Labute approximate surface area is 112 Å². The molecule has 2 aromatic rings. The van der Waals surface area contributed by atoms with E-state index in [9.17, 15) is 0 Å². The molecule has 2 rings (SSSR count). The van der Waals surface area contributed by atoms with E-state index >= 15 is 0 Å². The van der Waals surface area contributed by atoms with Crippen molar-refractivity contribution in [2.75, 3.05) is 0 Å². The van der Waals surface area contributed by atoms with Gasteiger partial charge in [0.1, 0.15) is 8.32 Å². The molecule has 0 aliphatic carbocycles. The van der Waals surface area contributed by atoms with E-state index < -0.39 is 17.4 Å². The molecule has 0 unspecified atom stereocenters. The van der Waals surface area contributed by atoms with Crippen molar-refractivity contribution in [3.63, 3.8) is 0 Å². The van der Waals surface area contributed by atoms with Crippen LogP contribution >= 0.6 is 0 Å². The first kappa shape index (κ1) is 13.3. The van der Waals surface area contributed by atoms with Crippen LogP contribution in [0.3, 0.4) is 0 Å². The summed E-state index contributed by atoms with van der Waals surface area (Å²) in [4.78, 5) is 0. The van der Waals surface area contributed by atoms with Crippen molar-refractivity contribution in [3.8, 4) is 0 Å². The first-order valence-corrected chi connectivity index (χ1v) is 11.0. The van der Waals surface area contributed by atoms with Crippen LogP contribution in [0.4, 0.5) is 0 Å². The summed E-state index contributed by atoms with van der Waals surface area (Å²) in [5.41, 5.74) is 0. The Morgan fingerprint density at radius 3 is 1.44 bits per heavy atom. The lowest BCUT2D eigenvalue weighted by Gasteiger charge is -2.40. The fraction of sp³-hybridized carbons (Fsp3) is 0.200. The molecule has 0 aromatic heterocycles. The van der Waals surface area contributed by atoms with E-state index in [4.69, 9.17) is 4.12 Å². The van der Waals surface area contributed by atoms with Gasteiger partial charge in [0.15, 0.2) is 0 Å². The topological polar surface area (TPSA) is 9.23 Å². The molecule has 18 heavy (non-hydrogen) atoms. The van der Waals surface area contributed by atoms with E-state index in [1.54, 1.807) is 0 Å². The molecule has 0 bridgehead atoms. The number of hydrogen-bond donors (Lipinski definition) is 0. The maximum absolute atomic E-state index is 6.45. The van der Waals surface area contributed by atoms with Crippen molar-refractivity contribution >= 4 is 27.7 Å². The van der Waals surface area contributed by atoms with E-state index in [1.807, 2.05) is 0 Å². The molecule has 0 saturated carbocycles. The van der Waals surface area contributed by atoms with Gasteiger partial charge >= 0.3 is 0 Å². The molecule has 0 radical (unpaired) electrons. The van der Waals surface area contributed by atoms with Crippen LogP contribution in [0.5, 0.6) is 0 Å². The van der Waals surface area contributed by atoms with Crippen LogP contribution in [0.2, 0.25) is 19.6 Å². The highest BCUT2D eigenvalue weighted by atomic mass is 28.4. The molecule has 94 valence electrons. The molecule has 0 saturated heterocycles. The van der Waals surface area contributed by atoms with Crippen molar-refractivity contribution in [1.82, 2.24) is 0 Å². The van der Waals surface area contributed by atoms with Gasteiger partial charge in [-0.2, -0.15) is 10.4 Å². The summed E-state index contributed by atoms with van der Waals surface area (Å²) >= 11 is 0. The molecule has 0 aliphatic heterocycles. The predicted molar refractivity (Wildman–Crippen MR) is 82.3 cm³/mol. The van der Waals surface area contributed by atoms with E-state index in [-0.39, 0.29) is 0 Å². The SMILES string of the molecule is C[Si](C)(C)O[Si-](c1ccccc1)c1ccccc1. The van der Waals surface area contributed by atoms with E-state index in [2.05, 4.69) is 80.3 Å². The van der Waals surface area contributed by atoms with Crippen molar-refractivity contribution < 1.29 is 4.12 Å². The third-order valence-corrected chi connectivity index (χ3v) is 7.46. The van der Waals surface area contributed by atoms with Crippen LogP contribution in [0, 0.1) is 0 Å². The Hall–Kier alpha value is -1.17. The number of rotatable bonds is 4. The Morgan fingerprint density at radius 1 is 0.722 bits per heavy atom. The molecule has 2 aromatic carbocycles. The van der Waals surface area contributed by atoms with E-state index in [1.165, 1.54) is 10.4 Å². The van der Waals surface area contributed by atoms with E-state index in [0.717, 1.165) is 0 Å². The molecule has 0 amide bonds. The summed E-state index contributed by atoms with van der Waals surface area (Å²) in [7, 11) is -2.64. The van der Waals surface area contributed by atoms with Crippen LogP contribution < -0.4 is 10.4 Å². The largest absolute Gasteiger partial charge is 0.602 e. The van der Waals surface area contributed by atoms with Crippen molar-refractivity contribution in [1.29, 1.82) is 0 Å². The van der Waals surface area contributed by atoms with Gasteiger partial charge in [0, 0.05) is 0 Å². The maximum atomic E-state index is 6.45. The van der Waals surface area contributed by atoms with Crippen LogP contribution in [-0.2, 0) is 4.12 Å². The Bertz CT molecular complexity index is 437. The zero-order chi connectivity index (χ0) is 13.0. The third-order valence-electron chi connectivity index (χ3n) is 2.48. The van der Waals surface area contributed by atoms with Crippen molar-refractivity contribution in [3.05, 3.63) is 60.7 Å². The molecular formula is C15H19OSi2-. The quantitative estimate of drug-likeness (QED) is 0.777. The number of benzene rings is 2. The lowest BCUT2D eigenvalue weighted by Crippen LogP contribution is -2.50. The van der Waals surface area contributed by atoms with Crippen LogP contribution in [-0.4, -0.2) is 17.4 Å². The highest BCUT2D eigenvalue weighted by molar-refractivity contribution is 6.88. The zero-order valence-corrected chi connectivity index (χ0v) is 13.2. The Balaban J connectivity index is 2.36. The summed E-state index contributed by atoms with van der Waals surface area (Å²) in [6.07, 6.45) is 0. The zero-order valence-electron chi connectivity index (χ0n) is 11.2. The molecule has 0 aliphatic rings. The molecule has 0 N–H and O–H groups in total. The van der Waals surface area contributed by atoms with Gasteiger partial charge in [-0.1, -0.05) is 60.7 Å². The highest BCUT2D eigenvalue weighted by Crippen LogP contribution is 2.06. The molecule has 0 spiro atoms. The Morgan fingerprint density at radius 2 is 1.11 bits per heavy atom.